The number of hydrogen-bond donors (Lipinski definition) is 1. The van der Waals surface area contributed by atoms with Crippen LogP contribution < -0.4 is 5.32 Å². The maximum Gasteiger partial charge on any atom is 0.0113 e. The molecule has 0 aromatic heterocycles. The highest BCUT2D eigenvalue weighted by Crippen LogP contribution is 2.17. The van der Waals surface area contributed by atoms with Crippen LogP contribution in [-0.4, -0.2) is 13.1 Å². The molecule has 0 aliphatic rings. The highest BCUT2D eigenvalue weighted by atomic mass is 14.9. The summed E-state index contributed by atoms with van der Waals surface area (Å²) in [6, 6.07) is 0.350. The van der Waals surface area contributed by atoms with Gasteiger partial charge in [0.1, 0.15) is 0 Å². The fraction of sp³-hybridized carbons (Fsp3) is 0.857. The van der Waals surface area contributed by atoms with Gasteiger partial charge in [0, 0.05) is 6.04 Å². The molecule has 49 valence electrons. The molecule has 0 saturated carbocycles. The average molecular weight is 114 g/mol. The summed E-state index contributed by atoms with van der Waals surface area (Å²) in [6.07, 6.45) is 0. The quantitative estimate of drug-likeness (QED) is 0.544. The lowest BCUT2D eigenvalue weighted by Crippen LogP contribution is -2.35. The molecule has 0 heterocycles. The first-order valence-corrected chi connectivity index (χ1v) is 2.99. The lowest BCUT2D eigenvalue weighted by Gasteiger charge is -2.26. The van der Waals surface area contributed by atoms with Crippen molar-refractivity contribution in [2.24, 2.45) is 5.41 Å². The van der Waals surface area contributed by atoms with Gasteiger partial charge in [-0.3, -0.25) is 0 Å². The van der Waals surface area contributed by atoms with Crippen LogP contribution in [0.3, 0.4) is 0 Å². The Kier molecular flexibility index (Phi) is 2.48. The van der Waals surface area contributed by atoms with Crippen molar-refractivity contribution in [1.82, 2.24) is 5.32 Å². The molecule has 0 bridgehead atoms. The van der Waals surface area contributed by atoms with E-state index in [1.807, 2.05) is 7.05 Å². The Morgan fingerprint density at radius 3 is 1.75 bits per heavy atom. The fourth-order valence-corrected chi connectivity index (χ4v) is 0.433. The van der Waals surface area contributed by atoms with Gasteiger partial charge in [0.25, 0.3) is 0 Å². The van der Waals surface area contributed by atoms with E-state index in [0.717, 1.165) is 0 Å². The molecular weight excluding hydrogens is 98.1 g/mol. The minimum Gasteiger partial charge on any atom is -0.316 e. The number of hydrogen-bond acceptors (Lipinski definition) is 1. The summed E-state index contributed by atoms with van der Waals surface area (Å²) in [7, 11) is 1.93. The van der Waals surface area contributed by atoms with E-state index in [-0.39, 0.29) is 5.41 Å². The van der Waals surface area contributed by atoms with Gasteiger partial charge in [0.15, 0.2) is 0 Å². The molecule has 0 fully saturated rings. The molecule has 8 heavy (non-hydrogen) atoms. The molecule has 0 amide bonds. The second-order valence-electron chi connectivity index (χ2n) is 3.21. The predicted octanol–water partition coefficient (Wildman–Crippen LogP) is 1.45. The maximum absolute atomic E-state index is 3.92. The second kappa shape index (κ2) is 2.49. The van der Waals surface area contributed by atoms with Crippen LogP contribution in [-0.2, 0) is 0 Å². The van der Waals surface area contributed by atoms with E-state index >= 15 is 0 Å². The second-order valence-corrected chi connectivity index (χ2v) is 3.21. The zero-order chi connectivity index (χ0) is 6.78. The largest absolute Gasteiger partial charge is 0.316 e. The highest BCUT2D eigenvalue weighted by molar-refractivity contribution is 4.80. The van der Waals surface area contributed by atoms with Crippen LogP contribution in [0.15, 0.2) is 0 Å². The molecule has 1 nitrogen and oxygen atoms in total. The number of rotatable bonds is 1. The molecule has 0 spiro atoms. The molecule has 0 saturated heterocycles. The summed E-state index contributed by atoms with van der Waals surface area (Å²) in [5.74, 6) is 0. The van der Waals surface area contributed by atoms with Gasteiger partial charge in [0.2, 0.25) is 0 Å². The molecular formula is C7H16N. The summed E-state index contributed by atoms with van der Waals surface area (Å²) in [5, 5.41) is 3.09. The van der Waals surface area contributed by atoms with Gasteiger partial charge in [0.05, 0.1) is 0 Å². The smallest absolute Gasteiger partial charge is 0.0113 e. The lowest BCUT2D eigenvalue weighted by molar-refractivity contribution is 0.326. The van der Waals surface area contributed by atoms with Gasteiger partial charge >= 0.3 is 0 Å². The van der Waals surface area contributed by atoms with Gasteiger partial charge in [-0.1, -0.05) is 20.8 Å². The molecule has 0 aromatic carbocycles. The van der Waals surface area contributed by atoms with Gasteiger partial charge in [-0.2, -0.15) is 0 Å². The van der Waals surface area contributed by atoms with Crippen molar-refractivity contribution in [3.05, 3.63) is 6.92 Å². The van der Waals surface area contributed by atoms with Gasteiger partial charge in [-0.25, -0.2) is 0 Å². The van der Waals surface area contributed by atoms with E-state index in [1.54, 1.807) is 0 Å². The molecule has 1 N–H and O–H groups in total. The minimum atomic E-state index is 0.286. The van der Waals surface area contributed by atoms with Crippen LogP contribution in [0.25, 0.3) is 0 Å². The topological polar surface area (TPSA) is 12.0 Å². The minimum absolute atomic E-state index is 0.286. The summed E-state index contributed by atoms with van der Waals surface area (Å²) in [5.41, 5.74) is 0.286. The van der Waals surface area contributed by atoms with Crippen molar-refractivity contribution >= 4 is 0 Å². The van der Waals surface area contributed by atoms with Crippen LogP contribution in [0.5, 0.6) is 0 Å². The standard InChI is InChI=1S/C7H16N/c1-6(8-5)7(2,3)4/h6,8H,1H2,2-5H3. The Hall–Kier alpha value is -0.0400. The summed E-state index contributed by atoms with van der Waals surface area (Å²) in [6.45, 7) is 10.4. The van der Waals surface area contributed by atoms with Crippen LogP contribution in [0.1, 0.15) is 20.8 Å². The van der Waals surface area contributed by atoms with Crippen molar-refractivity contribution < 1.29 is 0 Å². The third kappa shape index (κ3) is 2.31. The van der Waals surface area contributed by atoms with E-state index in [9.17, 15) is 0 Å². The Morgan fingerprint density at radius 1 is 1.38 bits per heavy atom. The molecule has 0 rings (SSSR count). The number of nitrogens with one attached hydrogen (secondary N) is 1. The van der Waals surface area contributed by atoms with Crippen molar-refractivity contribution in [2.45, 2.75) is 26.8 Å². The van der Waals surface area contributed by atoms with E-state index in [1.165, 1.54) is 0 Å². The third-order valence-electron chi connectivity index (χ3n) is 1.39. The molecule has 1 heteroatoms. The predicted molar refractivity (Wildman–Crippen MR) is 37.7 cm³/mol. The van der Waals surface area contributed by atoms with E-state index in [4.69, 9.17) is 0 Å². The zero-order valence-electron chi connectivity index (χ0n) is 6.28. The van der Waals surface area contributed by atoms with E-state index in [0.29, 0.717) is 6.04 Å². The fourth-order valence-electron chi connectivity index (χ4n) is 0.433. The third-order valence-corrected chi connectivity index (χ3v) is 1.39. The van der Waals surface area contributed by atoms with Gasteiger partial charge in [-0.15, -0.1) is 0 Å². The molecule has 1 unspecified atom stereocenters. The molecule has 0 aliphatic heterocycles. The Bertz CT molecular complexity index is 61.3. The zero-order valence-corrected chi connectivity index (χ0v) is 6.28. The van der Waals surface area contributed by atoms with Crippen LogP contribution in [0.2, 0.25) is 0 Å². The van der Waals surface area contributed by atoms with Gasteiger partial charge < -0.3 is 5.32 Å². The Labute approximate surface area is 52.5 Å². The first-order chi connectivity index (χ1) is 3.48. The van der Waals surface area contributed by atoms with Crippen LogP contribution >= 0.6 is 0 Å². The monoisotopic (exact) mass is 114 g/mol. The first kappa shape index (κ1) is 7.96. The van der Waals surface area contributed by atoms with Crippen molar-refractivity contribution in [1.29, 1.82) is 0 Å². The summed E-state index contributed by atoms with van der Waals surface area (Å²) in [4.78, 5) is 0. The molecule has 1 radical (unpaired) electrons. The van der Waals surface area contributed by atoms with Gasteiger partial charge in [-0.05, 0) is 19.4 Å². The SMILES string of the molecule is [CH2]C(NC)C(C)(C)C. The lowest BCUT2D eigenvalue weighted by atomic mass is 9.88. The van der Waals surface area contributed by atoms with Crippen molar-refractivity contribution in [3.8, 4) is 0 Å². The summed E-state index contributed by atoms with van der Waals surface area (Å²) >= 11 is 0. The molecule has 0 aliphatic carbocycles. The first-order valence-electron chi connectivity index (χ1n) is 2.99. The maximum atomic E-state index is 3.92. The normalized spacial score (nSPS) is 16.1. The van der Waals surface area contributed by atoms with Crippen LogP contribution in [0.4, 0.5) is 0 Å². The summed E-state index contributed by atoms with van der Waals surface area (Å²) < 4.78 is 0. The van der Waals surface area contributed by atoms with E-state index in [2.05, 4.69) is 33.0 Å². The Balaban J connectivity index is 3.62. The molecule has 1 atom stereocenters. The Morgan fingerprint density at radius 2 is 1.75 bits per heavy atom. The highest BCUT2D eigenvalue weighted by Gasteiger charge is 2.16. The van der Waals surface area contributed by atoms with Crippen molar-refractivity contribution in [2.75, 3.05) is 7.05 Å². The van der Waals surface area contributed by atoms with Crippen molar-refractivity contribution in [3.63, 3.8) is 0 Å². The average Bonchev–Trinajstić information content (AvgIpc) is 1.62. The molecule has 0 aromatic rings. The van der Waals surface area contributed by atoms with E-state index < -0.39 is 0 Å². The van der Waals surface area contributed by atoms with Crippen LogP contribution in [0, 0.1) is 12.3 Å².